The first kappa shape index (κ1) is 17.1. The molecule has 1 N–H and O–H groups in total. The second-order valence-electron chi connectivity index (χ2n) is 6.47. The standard InChI is InChI=1S/C17H24N4O2/c1-5-21(11-14(22)18-17(2,3)4)12-15-19-20-16(23-15)13-9-7-6-8-10-13/h6-10H,5,11-12H2,1-4H3,(H,18,22). The van der Waals surface area contributed by atoms with Crippen molar-refractivity contribution in [3.8, 4) is 11.5 Å². The lowest BCUT2D eigenvalue weighted by Crippen LogP contribution is -2.45. The van der Waals surface area contributed by atoms with Gasteiger partial charge in [-0.15, -0.1) is 10.2 Å². The van der Waals surface area contributed by atoms with Gasteiger partial charge < -0.3 is 9.73 Å². The van der Waals surface area contributed by atoms with E-state index in [0.717, 1.165) is 12.1 Å². The summed E-state index contributed by atoms with van der Waals surface area (Å²) in [6.07, 6.45) is 0. The van der Waals surface area contributed by atoms with Crippen molar-refractivity contribution in [2.75, 3.05) is 13.1 Å². The molecular formula is C17H24N4O2. The van der Waals surface area contributed by atoms with Crippen molar-refractivity contribution in [2.45, 2.75) is 39.8 Å². The monoisotopic (exact) mass is 316 g/mol. The van der Waals surface area contributed by atoms with Crippen molar-refractivity contribution in [3.63, 3.8) is 0 Å². The largest absolute Gasteiger partial charge is 0.419 e. The van der Waals surface area contributed by atoms with Gasteiger partial charge in [-0.05, 0) is 39.4 Å². The second kappa shape index (κ2) is 7.37. The van der Waals surface area contributed by atoms with Crippen LogP contribution in [0.25, 0.3) is 11.5 Å². The fourth-order valence-electron chi connectivity index (χ4n) is 2.15. The smallest absolute Gasteiger partial charge is 0.247 e. The number of nitrogens with zero attached hydrogens (tertiary/aromatic N) is 3. The number of nitrogens with one attached hydrogen (secondary N) is 1. The van der Waals surface area contributed by atoms with Crippen LogP contribution in [0.15, 0.2) is 34.7 Å². The third-order valence-electron chi connectivity index (χ3n) is 3.18. The van der Waals surface area contributed by atoms with Crippen LogP contribution in [0.4, 0.5) is 0 Å². The van der Waals surface area contributed by atoms with Crippen LogP contribution in [0.3, 0.4) is 0 Å². The molecule has 0 aliphatic rings. The zero-order valence-electron chi connectivity index (χ0n) is 14.2. The average molecular weight is 316 g/mol. The molecule has 0 atom stereocenters. The van der Waals surface area contributed by atoms with Crippen LogP contribution in [0, 0.1) is 0 Å². The Labute approximate surface area is 136 Å². The number of rotatable bonds is 6. The molecule has 0 aliphatic carbocycles. The van der Waals surface area contributed by atoms with Gasteiger partial charge in [0.15, 0.2) is 0 Å². The Balaban J connectivity index is 1.97. The number of aromatic nitrogens is 2. The van der Waals surface area contributed by atoms with E-state index in [9.17, 15) is 4.79 Å². The molecule has 1 amide bonds. The van der Waals surface area contributed by atoms with E-state index in [2.05, 4.69) is 15.5 Å². The van der Waals surface area contributed by atoms with Crippen LogP contribution < -0.4 is 5.32 Å². The SMILES string of the molecule is CCN(CC(=O)NC(C)(C)C)Cc1nnc(-c2ccccc2)o1. The van der Waals surface area contributed by atoms with Gasteiger partial charge in [0.05, 0.1) is 13.1 Å². The van der Waals surface area contributed by atoms with Crippen LogP contribution in [-0.2, 0) is 11.3 Å². The van der Waals surface area contributed by atoms with E-state index < -0.39 is 0 Å². The van der Waals surface area contributed by atoms with Crippen LogP contribution in [0.1, 0.15) is 33.6 Å². The lowest BCUT2D eigenvalue weighted by molar-refractivity contribution is -0.123. The molecule has 0 unspecified atom stereocenters. The van der Waals surface area contributed by atoms with E-state index >= 15 is 0 Å². The van der Waals surface area contributed by atoms with E-state index in [0.29, 0.717) is 24.9 Å². The summed E-state index contributed by atoms with van der Waals surface area (Å²) in [5.74, 6) is 0.993. The molecule has 1 aromatic carbocycles. The summed E-state index contributed by atoms with van der Waals surface area (Å²) in [7, 11) is 0. The van der Waals surface area contributed by atoms with Gasteiger partial charge in [-0.2, -0.15) is 0 Å². The average Bonchev–Trinajstić information content (AvgIpc) is 2.94. The predicted octanol–water partition coefficient (Wildman–Crippen LogP) is 2.47. The molecule has 6 heteroatoms. The van der Waals surface area contributed by atoms with Crippen molar-refractivity contribution in [3.05, 3.63) is 36.2 Å². The Hall–Kier alpha value is -2.21. The molecule has 1 aromatic heterocycles. The van der Waals surface area contributed by atoms with Crippen molar-refractivity contribution >= 4 is 5.91 Å². The molecule has 1 heterocycles. The minimum absolute atomic E-state index is 0.0119. The van der Waals surface area contributed by atoms with E-state index in [1.54, 1.807) is 0 Å². The van der Waals surface area contributed by atoms with Crippen LogP contribution in [-0.4, -0.2) is 39.6 Å². The number of hydrogen-bond acceptors (Lipinski definition) is 5. The van der Waals surface area contributed by atoms with Gasteiger partial charge >= 0.3 is 0 Å². The number of hydrogen-bond donors (Lipinski definition) is 1. The minimum atomic E-state index is -0.235. The topological polar surface area (TPSA) is 71.3 Å². The zero-order valence-corrected chi connectivity index (χ0v) is 14.2. The maximum Gasteiger partial charge on any atom is 0.247 e. The van der Waals surface area contributed by atoms with Gasteiger partial charge in [0, 0.05) is 11.1 Å². The molecule has 0 saturated heterocycles. The highest BCUT2D eigenvalue weighted by Crippen LogP contribution is 2.17. The molecule has 23 heavy (non-hydrogen) atoms. The highest BCUT2D eigenvalue weighted by atomic mass is 16.4. The Morgan fingerprint density at radius 3 is 2.52 bits per heavy atom. The molecule has 124 valence electrons. The first-order valence-corrected chi connectivity index (χ1v) is 7.78. The Morgan fingerprint density at radius 1 is 1.22 bits per heavy atom. The molecule has 0 radical (unpaired) electrons. The van der Waals surface area contributed by atoms with Crippen molar-refractivity contribution < 1.29 is 9.21 Å². The normalized spacial score (nSPS) is 11.7. The summed E-state index contributed by atoms with van der Waals surface area (Å²) in [5, 5.41) is 11.1. The van der Waals surface area contributed by atoms with Gasteiger partial charge in [-0.25, -0.2) is 0 Å². The molecule has 2 rings (SSSR count). The Bertz CT molecular complexity index is 632. The summed E-state index contributed by atoms with van der Waals surface area (Å²) < 4.78 is 5.69. The number of carbonyl (C=O) groups excluding carboxylic acids is 1. The third kappa shape index (κ3) is 5.49. The van der Waals surface area contributed by atoms with E-state index in [4.69, 9.17) is 4.42 Å². The van der Waals surface area contributed by atoms with Crippen molar-refractivity contribution in [1.82, 2.24) is 20.4 Å². The zero-order chi connectivity index (χ0) is 16.9. The molecular weight excluding hydrogens is 292 g/mol. The summed E-state index contributed by atoms with van der Waals surface area (Å²) in [4.78, 5) is 14.0. The molecule has 2 aromatic rings. The summed E-state index contributed by atoms with van der Waals surface area (Å²) >= 11 is 0. The number of likely N-dealkylation sites (N-methyl/N-ethyl adjacent to an activating group) is 1. The van der Waals surface area contributed by atoms with Gasteiger partial charge in [0.2, 0.25) is 17.7 Å². The van der Waals surface area contributed by atoms with Crippen LogP contribution in [0.5, 0.6) is 0 Å². The molecule has 0 spiro atoms. The summed E-state index contributed by atoms with van der Waals surface area (Å²) in [6.45, 7) is 9.37. The van der Waals surface area contributed by atoms with E-state index in [-0.39, 0.29) is 11.4 Å². The number of benzene rings is 1. The summed E-state index contributed by atoms with van der Waals surface area (Å²) in [6, 6.07) is 9.63. The highest BCUT2D eigenvalue weighted by Gasteiger charge is 2.18. The molecule has 0 fully saturated rings. The Morgan fingerprint density at radius 2 is 1.91 bits per heavy atom. The lowest BCUT2D eigenvalue weighted by atomic mass is 10.1. The summed E-state index contributed by atoms with van der Waals surface area (Å²) in [5.41, 5.74) is 0.654. The maximum absolute atomic E-state index is 12.0. The van der Waals surface area contributed by atoms with E-state index in [1.165, 1.54) is 0 Å². The van der Waals surface area contributed by atoms with Gasteiger partial charge in [0.25, 0.3) is 0 Å². The fraction of sp³-hybridized carbons (Fsp3) is 0.471. The first-order valence-electron chi connectivity index (χ1n) is 7.78. The van der Waals surface area contributed by atoms with E-state index in [1.807, 2.05) is 62.9 Å². The third-order valence-corrected chi connectivity index (χ3v) is 3.18. The Kier molecular flexibility index (Phi) is 5.50. The molecule has 0 aliphatic heterocycles. The minimum Gasteiger partial charge on any atom is -0.419 e. The maximum atomic E-state index is 12.0. The number of amides is 1. The first-order chi connectivity index (χ1) is 10.9. The second-order valence-corrected chi connectivity index (χ2v) is 6.47. The van der Waals surface area contributed by atoms with Gasteiger partial charge in [-0.3, -0.25) is 9.69 Å². The highest BCUT2D eigenvalue weighted by molar-refractivity contribution is 5.78. The van der Waals surface area contributed by atoms with Crippen molar-refractivity contribution in [2.24, 2.45) is 0 Å². The van der Waals surface area contributed by atoms with Crippen LogP contribution >= 0.6 is 0 Å². The lowest BCUT2D eigenvalue weighted by Gasteiger charge is -2.24. The quantitative estimate of drug-likeness (QED) is 0.886. The van der Waals surface area contributed by atoms with Gasteiger partial charge in [-0.1, -0.05) is 25.1 Å². The van der Waals surface area contributed by atoms with Gasteiger partial charge in [0.1, 0.15) is 0 Å². The van der Waals surface area contributed by atoms with Crippen molar-refractivity contribution in [1.29, 1.82) is 0 Å². The van der Waals surface area contributed by atoms with Crippen LogP contribution in [0.2, 0.25) is 0 Å². The molecule has 6 nitrogen and oxygen atoms in total. The predicted molar refractivity (Wildman–Crippen MR) is 88.6 cm³/mol. The fourth-order valence-corrected chi connectivity index (χ4v) is 2.15. The molecule has 0 bridgehead atoms. The number of carbonyl (C=O) groups is 1. The molecule has 0 saturated carbocycles.